The molecule has 1 aromatic carbocycles. The van der Waals surface area contributed by atoms with E-state index in [0.717, 1.165) is 16.0 Å². The number of hydrogen-bond donors (Lipinski definition) is 1. The van der Waals surface area contributed by atoms with Crippen molar-refractivity contribution in [1.82, 2.24) is 0 Å². The van der Waals surface area contributed by atoms with Crippen LogP contribution in [0.1, 0.15) is 26.7 Å². The van der Waals surface area contributed by atoms with Crippen LogP contribution >= 0.6 is 11.3 Å². The maximum absolute atomic E-state index is 12.4. The molecule has 3 heteroatoms. The Balaban J connectivity index is 2.32. The summed E-state index contributed by atoms with van der Waals surface area (Å²) in [6, 6.07) is 11.7. The molecular weight excluding hydrogens is 230 g/mol. The summed E-state index contributed by atoms with van der Waals surface area (Å²) in [6.45, 7) is 2.31. The van der Waals surface area contributed by atoms with E-state index in [0.29, 0.717) is 6.54 Å². The SMILES string of the molecule is Cc1ccsc1C(=O)C(CN)c1ccccc1. The van der Waals surface area contributed by atoms with E-state index < -0.39 is 0 Å². The summed E-state index contributed by atoms with van der Waals surface area (Å²) in [6.07, 6.45) is 0. The maximum Gasteiger partial charge on any atom is 0.181 e. The lowest BCUT2D eigenvalue weighted by molar-refractivity contribution is 0.0966. The van der Waals surface area contributed by atoms with Crippen LogP contribution < -0.4 is 5.73 Å². The molecule has 0 amide bonds. The number of ketones is 1. The number of nitrogens with two attached hydrogens (primary N) is 1. The molecule has 2 rings (SSSR count). The Bertz CT molecular complexity index is 504. The highest BCUT2D eigenvalue weighted by Gasteiger charge is 2.22. The quantitative estimate of drug-likeness (QED) is 0.841. The van der Waals surface area contributed by atoms with Crippen molar-refractivity contribution in [2.75, 3.05) is 6.54 Å². The first kappa shape index (κ1) is 12.0. The molecule has 2 aromatic rings. The zero-order valence-electron chi connectivity index (χ0n) is 9.72. The van der Waals surface area contributed by atoms with Crippen molar-refractivity contribution in [3.05, 3.63) is 57.8 Å². The molecule has 0 saturated heterocycles. The van der Waals surface area contributed by atoms with Crippen molar-refractivity contribution in [2.45, 2.75) is 12.8 Å². The fraction of sp³-hybridized carbons (Fsp3) is 0.214. The Kier molecular flexibility index (Phi) is 3.71. The fourth-order valence-corrected chi connectivity index (χ4v) is 2.78. The minimum absolute atomic E-state index is 0.131. The summed E-state index contributed by atoms with van der Waals surface area (Å²) >= 11 is 1.49. The molecule has 1 heterocycles. The molecule has 0 spiro atoms. The van der Waals surface area contributed by atoms with Gasteiger partial charge in [0.15, 0.2) is 5.78 Å². The van der Waals surface area contributed by atoms with Gasteiger partial charge in [-0.2, -0.15) is 0 Å². The van der Waals surface area contributed by atoms with Crippen LogP contribution in [0.2, 0.25) is 0 Å². The Labute approximate surface area is 105 Å². The minimum Gasteiger partial charge on any atom is -0.329 e. The summed E-state index contributed by atoms with van der Waals surface area (Å²) < 4.78 is 0. The molecular formula is C14H15NOS. The molecule has 0 aliphatic heterocycles. The summed E-state index contributed by atoms with van der Waals surface area (Å²) in [5.74, 6) is -0.0975. The number of rotatable bonds is 4. The van der Waals surface area contributed by atoms with E-state index in [9.17, 15) is 4.79 Å². The van der Waals surface area contributed by atoms with Gasteiger partial charge in [0, 0.05) is 6.54 Å². The molecule has 0 saturated carbocycles. The van der Waals surface area contributed by atoms with E-state index in [4.69, 9.17) is 5.73 Å². The van der Waals surface area contributed by atoms with Gasteiger partial charge in [0.25, 0.3) is 0 Å². The summed E-state index contributed by atoms with van der Waals surface area (Å²) in [4.78, 5) is 13.2. The Hall–Kier alpha value is -1.45. The van der Waals surface area contributed by atoms with Crippen molar-refractivity contribution in [1.29, 1.82) is 0 Å². The van der Waals surface area contributed by atoms with E-state index in [-0.39, 0.29) is 11.7 Å². The van der Waals surface area contributed by atoms with Crippen LogP contribution in [0.3, 0.4) is 0 Å². The van der Waals surface area contributed by atoms with Gasteiger partial charge in [-0.15, -0.1) is 11.3 Å². The molecule has 2 N–H and O–H groups in total. The van der Waals surface area contributed by atoms with Crippen molar-refractivity contribution >= 4 is 17.1 Å². The van der Waals surface area contributed by atoms with Gasteiger partial charge >= 0.3 is 0 Å². The largest absolute Gasteiger partial charge is 0.329 e. The number of Topliss-reactive ketones (excluding diaryl/α,β-unsaturated/α-hetero) is 1. The van der Waals surface area contributed by atoms with Gasteiger partial charge in [-0.3, -0.25) is 4.79 Å². The third kappa shape index (κ3) is 2.46. The second-order valence-corrected chi connectivity index (χ2v) is 4.91. The Morgan fingerprint density at radius 3 is 2.53 bits per heavy atom. The minimum atomic E-state index is -0.228. The molecule has 0 fully saturated rings. The zero-order valence-corrected chi connectivity index (χ0v) is 10.5. The molecule has 0 aliphatic carbocycles. The Morgan fingerprint density at radius 1 is 1.29 bits per heavy atom. The standard InChI is InChI=1S/C14H15NOS/c1-10-7-8-17-14(10)13(16)12(9-15)11-5-3-2-4-6-11/h2-8,12H,9,15H2,1H3. The van der Waals surface area contributed by atoms with Crippen molar-refractivity contribution < 1.29 is 4.79 Å². The fourth-order valence-electron chi connectivity index (χ4n) is 1.86. The molecule has 17 heavy (non-hydrogen) atoms. The van der Waals surface area contributed by atoms with Crippen molar-refractivity contribution in [3.8, 4) is 0 Å². The van der Waals surface area contributed by atoms with Gasteiger partial charge < -0.3 is 5.73 Å². The lowest BCUT2D eigenvalue weighted by atomic mass is 9.93. The third-order valence-electron chi connectivity index (χ3n) is 2.84. The predicted molar refractivity (Wildman–Crippen MR) is 71.6 cm³/mol. The highest BCUT2D eigenvalue weighted by Crippen LogP contribution is 2.25. The number of carbonyl (C=O) groups is 1. The first-order valence-electron chi connectivity index (χ1n) is 5.57. The van der Waals surface area contributed by atoms with Gasteiger partial charge in [-0.05, 0) is 29.5 Å². The number of hydrogen-bond acceptors (Lipinski definition) is 3. The smallest absolute Gasteiger partial charge is 0.181 e. The molecule has 0 bridgehead atoms. The molecule has 2 nitrogen and oxygen atoms in total. The van der Waals surface area contributed by atoms with Gasteiger partial charge in [0.05, 0.1) is 10.8 Å². The monoisotopic (exact) mass is 245 g/mol. The lowest BCUT2D eigenvalue weighted by Crippen LogP contribution is -2.21. The van der Waals surface area contributed by atoms with Crippen LogP contribution in [0.25, 0.3) is 0 Å². The lowest BCUT2D eigenvalue weighted by Gasteiger charge is -2.13. The molecule has 0 aliphatic rings. The van der Waals surface area contributed by atoms with Crippen LogP contribution in [0.4, 0.5) is 0 Å². The average Bonchev–Trinajstić information content (AvgIpc) is 2.77. The molecule has 1 atom stereocenters. The summed E-state index contributed by atoms with van der Waals surface area (Å²) in [7, 11) is 0. The van der Waals surface area contributed by atoms with Crippen LogP contribution in [0, 0.1) is 6.92 Å². The molecule has 1 aromatic heterocycles. The zero-order chi connectivity index (χ0) is 12.3. The van der Waals surface area contributed by atoms with E-state index >= 15 is 0 Å². The van der Waals surface area contributed by atoms with Crippen LogP contribution in [0.5, 0.6) is 0 Å². The first-order chi connectivity index (χ1) is 8.24. The second-order valence-electron chi connectivity index (χ2n) is 4.00. The van der Waals surface area contributed by atoms with Gasteiger partial charge in [0.1, 0.15) is 0 Å². The van der Waals surface area contributed by atoms with E-state index in [1.807, 2.05) is 48.7 Å². The van der Waals surface area contributed by atoms with Crippen LogP contribution in [-0.2, 0) is 0 Å². The van der Waals surface area contributed by atoms with Crippen molar-refractivity contribution in [2.24, 2.45) is 5.73 Å². The second kappa shape index (κ2) is 5.25. The number of carbonyl (C=O) groups excluding carboxylic acids is 1. The average molecular weight is 245 g/mol. The highest BCUT2D eigenvalue weighted by molar-refractivity contribution is 7.12. The van der Waals surface area contributed by atoms with Crippen molar-refractivity contribution in [3.63, 3.8) is 0 Å². The number of benzene rings is 1. The summed E-state index contributed by atoms with van der Waals surface area (Å²) in [5.41, 5.74) is 7.78. The van der Waals surface area contributed by atoms with Gasteiger partial charge in [-0.25, -0.2) is 0 Å². The molecule has 0 radical (unpaired) electrons. The third-order valence-corrected chi connectivity index (χ3v) is 3.87. The first-order valence-corrected chi connectivity index (χ1v) is 6.45. The Morgan fingerprint density at radius 2 is 2.00 bits per heavy atom. The van der Waals surface area contributed by atoms with Gasteiger partial charge in [0.2, 0.25) is 0 Å². The number of aryl methyl sites for hydroxylation is 1. The van der Waals surface area contributed by atoms with Crippen LogP contribution in [0.15, 0.2) is 41.8 Å². The molecule has 1 unspecified atom stereocenters. The molecule has 88 valence electrons. The van der Waals surface area contributed by atoms with Crippen LogP contribution in [-0.4, -0.2) is 12.3 Å². The summed E-state index contributed by atoms with van der Waals surface area (Å²) in [5, 5.41) is 1.95. The highest BCUT2D eigenvalue weighted by atomic mass is 32.1. The maximum atomic E-state index is 12.4. The van der Waals surface area contributed by atoms with E-state index in [1.165, 1.54) is 11.3 Å². The van der Waals surface area contributed by atoms with E-state index in [2.05, 4.69) is 0 Å². The van der Waals surface area contributed by atoms with E-state index in [1.54, 1.807) is 0 Å². The predicted octanol–water partition coefficient (Wildman–Crippen LogP) is 2.98. The normalized spacial score (nSPS) is 12.4. The van der Waals surface area contributed by atoms with Gasteiger partial charge in [-0.1, -0.05) is 30.3 Å². The number of thiophene rings is 1. The topological polar surface area (TPSA) is 43.1 Å².